The predicted octanol–water partition coefficient (Wildman–Crippen LogP) is 3.12. The van der Waals surface area contributed by atoms with E-state index in [1.807, 2.05) is 19.3 Å². The Bertz CT molecular complexity index is 484. The van der Waals surface area contributed by atoms with Crippen LogP contribution in [0.3, 0.4) is 0 Å². The fourth-order valence-corrected chi connectivity index (χ4v) is 2.92. The van der Waals surface area contributed by atoms with Crippen LogP contribution >= 0.6 is 27.3 Å². The second-order valence-electron chi connectivity index (χ2n) is 3.56. The fourth-order valence-electron chi connectivity index (χ4n) is 1.42. The first-order valence-electron chi connectivity index (χ1n) is 4.80. The lowest BCUT2D eigenvalue weighted by atomic mass is 10.3. The average Bonchev–Trinajstić information content (AvgIpc) is 2.64. The van der Waals surface area contributed by atoms with Gasteiger partial charge in [-0.3, -0.25) is 4.98 Å². The predicted molar refractivity (Wildman–Crippen MR) is 72.8 cm³/mol. The highest BCUT2D eigenvalue weighted by Gasteiger charge is 2.04. The van der Waals surface area contributed by atoms with Gasteiger partial charge >= 0.3 is 0 Å². The van der Waals surface area contributed by atoms with Crippen LogP contribution in [0.4, 0.5) is 11.4 Å². The molecule has 2 aromatic heterocycles. The SMILES string of the molecule is CN(Cc1cc(Br)cs1)c1cncc(N)c1. The van der Waals surface area contributed by atoms with Crippen LogP contribution in [-0.2, 0) is 6.54 Å². The molecule has 2 aromatic rings. The molecule has 84 valence electrons. The molecule has 0 radical (unpaired) electrons. The Labute approximate surface area is 107 Å². The van der Waals surface area contributed by atoms with Crippen molar-refractivity contribution >= 4 is 38.6 Å². The third-order valence-electron chi connectivity index (χ3n) is 2.20. The van der Waals surface area contributed by atoms with Gasteiger partial charge in [0, 0.05) is 28.0 Å². The number of nitrogens with zero attached hydrogens (tertiary/aromatic N) is 2. The summed E-state index contributed by atoms with van der Waals surface area (Å²) in [5, 5.41) is 2.08. The van der Waals surface area contributed by atoms with E-state index in [2.05, 4.69) is 37.3 Å². The Morgan fingerprint density at radius 1 is 1.44 bits per heavy atom. The number of nitrogen functional groups attached to an aromatic ring is 1. The molecule has 0 bridgehead atoms. The summed E-state index contributed by atoms with van der Waals surface area (Å²) in [6, 6.07) is 4.05. The zero-order valence-electron chi connectivity index (χ0n) is 8.85. The maximum absolute atomic E-state index is 5.70. The van der Waals surface area contributed by atoms with Gasteiger partial charge in [0.25, 0.3) is 0 Å². The third kappa shape index (κ3) is 2.74. The minimum absolute atomic E-state index is 0.691. The van der Waals surface area contributed by atoms with Crippen molar-refractivity contribution in [1.82, 2.24) is 4.98 Å². The first kappa shape index (κ1) is 11.4. The normalized spacial score (nSPS) is 10.4. The Hall–Kier alpha value is -1.07. The zero-order valence-corrected chi connectivity index (χ0v) is 11.3. The minimum Gasteiger partial charge on any atom is -0.397 e. The Balaban J connectivity index is 2.11. The minimum atomic E-state index is 0.691. The van der Waals surface area contributed by atoms with Gasteiger partial charge in [0.05, 0.1) is 24.1 Å². The van der Waals surface area contributed by atoms with E-state index >= 15 is 0 Å². The molecule has 3 nitrogen and oxygen atoms in total. The molecule has 5 heteroatoms. The molecule has 0 amide bonds. The van der Waals surface area contributed by atoms with Crippen molar-refractivity contribution in [3.63, 3.8) is 0 Å². The largest absolute Gasteiger partial charge is 0.397 e. The van der Waals surface area contributed by atoms with Gasteiger partial charge in [-0.2, -0.15) is 0 Å². The van der Waals surface area contributed by atoms with Crippen molar-refractivity contribution in [2.45, 2.75) is 6.54 Å². The molecule has 0 saturated carbocycles. The first-order valence-corrected chi connectivity index (χ1v) is 6.47. The molecule has 0 atom stereocenters. The number of hydrogen-bond acceptors (Lipinski definition) is 4. The standard InChI is InChI=1S/C11H12BrN3S/c1-15(6-11-2-8(12)7-16-11)10-3-9(13)4-14-5-10/h2-5,7H,6,13H2,1H3. The van der Waals surface area contributed by atoms with Gasteiger partial charge in [-0.05, 0) is 28.1 Å². The second kappa shape index (κ2) is 4.84. The van der Waals surface area contributed by atoms with Gasteiger partial charge in [-0.25, -0.2) is 0 Å². The number of aromatic nitrogens is 1. The van der Waals surface area contributed by atoms with Crippen LogP contribution in [-0.4, -0.2) is 12.0 Å². The summed E-state index contributed by atoms with van der Waals surface area (Å²) in [6.07, 6.45) is 3.47. The highest BCUT2D eigenvalue weighted by atomic mass is 79.9. The average molecular weight is 298 g/mol. The Morgan fingerprint density at radius 2 is 2.25 bits per heavy atom. The molecule has 0 unspecified atom stereocenters. The maximum Gasteiger partial charge on any atom is 0.0574 e. The summed E-state index contributed by atoms with van der Waals surface area (Å²) in [4.78, 5) is 7.51. The Morgan fingerprint density at radius 3 is 2.88 bits per heavy atom. The van der Waals surface area contributed by atoms with E-state index in [1.165, 1.54) is 4.88 Å². The van der Waals surface area contributed by atoms with Crippen LogP contribution in [0.5, 0.6) is 0 Å². The molecule has 0 aromatic carbocycles. The van der Waals surface area contributed by atoms with E-state index in [-0.39, 0.29) is 0 Å². The van der Waals surface area contributed by atoms with Crippen LogP contribution in [0.1, 0.15) is 4.88 Å². The fraction of sp³-hybridized carbons (Fsp3) is 0.182. The number of nitrogens with two attached hydrogens (primary N) is 1. The molecule has 0 spiro atoms. The van der Waals surface area contributed by atoms with E-state index in [1.54, 1.807) is 17.5 Å². The molecule has 0 aliphatic rings. The second-order valence-corrected chi connectivity index (χ2v) is 5.48. The number of thiophene rings is 1. The van der Waals surface area contributed by atoms with Crippen LogP contribution in [0.25, 0.3) is 0 Å². The molecule has 2 heterocycles. The molecule has 2 N–H and O–H groups in total. The van der Waals surface area contributed by atoms with Gasteiger partial charge in [0.2, 0.25) is 0 Å². The summed E-state index contributed by atoms with van der Waals surface area (Å²) in [7, 11) is 2.03. The molecule has 0 aliphatic heterocycles. The summed E-state index contributed by atoms with van der Waals surface area (Å²) in [5.74, 6) is 0. The monoisotopic (exact) mass is 297 g/mol. The molecule has 0 aliphatic carbocycles. The van der Waals surface area contributed by atoms with Crippen molar-refractivity contribution < 1.29 is 0 Å². The van der Waals surface area contributed by atoms with Gasteiger partial charge in [-0.15, -0.1) is 11.3 Å². The molecular weight excluding hydrogens is 286 g/mol. The summed E-state index contributed by atoms with van der Waals surface area (Å²) in [5.41, 5.74) is 7.42. The lowest BCUT2D eigenvalue weighted by Gasteiger charge is -2.18. The van der Waals surface area contributed by atoms with E-state index in [4.69, 9.17) is 5.73 Å². The molecule has 16 heavy (non-hydrogen) atoms. The molecular formula is C11H12BrN3S. The Kier molecular flexibility index (Phi) is 3.46. The number of hydrogen-bond donors (Lipinski definition) is 1. The highest BCUT2D eigenvalue weighted by molar-refractivity contribution is 9.10. The van der Waals surface area contributed by atoms with Gasteiger partial charge in [0.15, 0.2) is 0 Å². The molecule has 0 saturated heterocycles. The van der Waals surface area contributed by atoms with Crippen LogP contribution < -0.4 is 10.6 Å². The number of rotatable bonds is 3. The molecule has 2 rings (SSSR count). The van der Waals surface area contributed by atoms with Crippen molar-refractivity contribution in [3.05, 3.63) is 39.3 Å². The van der Waals surface area contributed by atoms with Crippen LogP contribution in [0, 0.1) is 0 Å². The summed E-state index contributed by atoms with van der Waals surface area (Å²) in [6.45, 7) is 0.862. The number of halogens is 1. The van der Waals surface area contributed by atoms with E-state index in [0.29, 0.717) is 5.69 Å². The third-order valence-corrected chi connectivity index (χ3v) is 3.88. The van der Waals surface area contributed by atoms with Crippen molar-refractivity contribution in [2.24, 2.45) is 0 Å². The van der Waals surface area contributed by atoms with E-state index in [9.17, 15) is 0 Å². The van der Waals surface area contributed by atoms with Gasteiger partial charge in [-0.1, -0.05) is 0 Å². The maximum atomic E-state index is 5.70. The molecule has 0 fully saturated rings. The van der Waals surface area contributed by atoms with Gasteiger partial charge < -0.3 is 10.6 Å². The quantitative estimate of drug-likeness (QED) is 0.946. The lowest BCUT2D eigenvalue weighted by Crippen LogP contribution is -2.15. The zero-order chi connectivity index (χ0) is 11.5. The van der Waals surface area contributed by atoms with Crippen molar-refractivity contribution in [1.29, 1.82) is 0 Å². The van der Waals surface area contributed by atoms with E-state index in [0.717, 1.165) is 16.7 Å². The topological polar surface area (TPSA) is 42.2 Å². The lowest BCUT2D eigenvalue weighted by molar-refractivity contribution is 0.935. The number of anilines is 2. The van der Waals surface area contributed by atoms with Crippen LogP contribution in [0.2, 0.25) is 0 Å². The van der Waals surface area contributed by atoms with Crippen molar-refractivity contribution in [2.75, 3.05) is 17.7 Å². The number of pyridine rings is 1. The van der Waals surface area contributed by atoms with Crippen LogP contribution in [0.15, 0.2) is 34.4 Å². The summed E-state index contributed by atoms with van der Waals surface area (Å²) >= 11 is 5.19. The van der Waals surface area contributed by atoms with E-state index < -0.39 is 0 Å². The van der Waals surface area contributed by atoms with Crippen molar-refractivity contribution in [3.8, 4) is 0 Å². The first-order chi connectivity index (χ1) is 7.65. The smallest absolute Gasteiger partial charge is 0.0574 e. The highest BCUT2D eigenvalue weighted by Crippen LogP contribution is 2.23. The summed E-state index contributed by atoms with van der Waals surface area (Å²) < 4.78 is 1.13. The van der Waals surface area contributed by atoms with Gasteiger partial charge in [0.1, 0.15) is 0 Å².